The minimum Gasteiger partial charge on any atom is -0.466 e. The van der Waals surface area contributed by atoms with Crippen LogP contribution in [0.2, 0.25) is 0 Å². The average molecular weight is 310 g/mol. The number of esters is 1. The quantitative estimate of drug-likeness (QED) is 0.870. The number of ether oxygens (including phenoxy) is 1. The van der Waals surface area contributed by atoms with Crippen molar-refractivity contribution in [2.75, 3.05) is 19.7 Å². The van der Waals surface area contributed by atoms with E-state index >= 15 is 0 Å². The highest BCUT2D eigenvalue weighted by Gasteiger charge is 2.29. The van der Waals surface area contributed by atoms with Gasteiger partial charge in [-0.05, 0) is 38.1 Å². The number of nitrogens with zero attached hydrogens (tertiary/aromatic N) is 1. The molecular formula is C15H22N2O3S. The van der Waals surface area contributed by atoms with Crippen molar-refractivity contribution < 1.29 is 14.3 Å². The fourth-order valence-corrected chi connectivity index (χ4v) is 3.23. The van der Waals surface area contributed by atoms with E-state index in [0.717, 1.165) is 17.7 Å². The fourth-order valence-electron chi connectivity index (χ4n) is 2.50. The zero-order chi connectivity index (χ0) is 15.2. The summed E-state index contributed by atoms with van der Waals surface area (Å²) in [5.74, 6) is -0.386. The monoisotopic (exact) mass is 310 g/mol. The number of amides is 2. The summed E-state index contributed by atoms with van der Waals surface area (Å²) >= 11 is 1.62. The van der Waals surface area contributed by atoms with E-state index in [0.29, 0.717) is 19.7 Å². The summed E-state index contributed by atoms with van der Waals surface area (Å²) < 4.78 is 5.05. The molecule has 1 aliphatic rings. The molecule has 5 nitrogen and oxygen atoms in total. The van der Waals surface area contributed by atoms with E-state index in [2.05, 4.69) is 5.32 Å². The Morgan fingerprint density at radius 1 is 1.57 bits per heavy atom. The molecule has 2 rings (SSSR count). The highest BCUT2D eigenvalue weighted by molar-refractivity contribution is 7.10. The third kappa shape index (κ3) is 4.20. The number of rotatable bonds is 4. The van der Waals surface area contributed by atoms with Gasteiger partial charge in [0.2, 0.25) is 0 Å². The van der Waals surface area contributed by atoms with Crippen molar-refractivity contribution in [2.45, 2.75) is 32.7 Å². The molecule has 1 saturated heterocycles. The Morgan fingerprint density at radius 2 is 2.38 bits per heavy atom. The van der Waals surface area contributed by atoms with Crippen molar-refractivity contribution in [3.63, 3.8) is 0 Å². The molecule has 6 heteroatoms. The van der Waals surface area contributed by atoms with E-state index in [-0.39, 0.29) is 24.0 Å². The van der Waals surface area contributed by atoms with Gasteiger partial charge in [0.25, 0.3) is 0 Å². The molecule has 2 amide bonds. The van der Waals surface area contributed by atoms with Crippen molar-refractivity contribution in [1.29, 1.82) is 0 Å². The first-order valence-electron chi connectivity index (χ1n) is 7.37. The second-order valence-corrected chi connectivity index (χ2v) is 6.20. The predicted molar refractivity (Wildman–Crippen MR) is 82.2 cm³/mol. The first-order chi connectivity index (χ1) is 10.1. The number of nitrogens with one attached hydrogen (secondary N) is 1. The number of carbonyl (C=O) groups excluding carboxylic acids is 2. The lowest BCUT2D eigenvalue weighted by Gasteiger charge is -2.32. The summed E-state index contributed by atoms with van der Waals surface area (Å²) in [6.07, 6.45) is 1.63. The van der Waals surface area contributed by atoms with E-state index in [1.54, 1.807) is 23.2 Å². The van der Waals surface area contributed by atoms with Gasteiger partial charge in [0, 0.05) is 18.0 Å². The maximum absolute atomic E-state index is 12.3. The Morgan fingerprint density at radius 3 is 3.05 bits per heavy atom. The van der Waals surface area contributed by atoms with Crippen molar-refractivity contribution in [1.82, 2.24) is 10.2 Å². The predicted octanol–water partition coefficient (Wildman–Crippen LogP) is 2.79. The molecule has 0 unspecified atom stereocenters. The smallest absolute Gasteiger partial charge is 0.317 e. The van der Waals surface area contributed by atoms with Crippen LogP contribution in [-0.2, 0) is 9.53 Å². The van der Waals surface area contributed by atoms with E-state index in [1.165, 1.54) is 0 Å². The molecule has 1 fully saturated rings. The van der Waals surface area contributed by atoms with Gasteiger partial charge < -0.3 is 15.0 Å². The Kier molecular flexibility index (Phi) is 5.61. The van der Waals surface area contributed by atoms with Gasteiger partial charge in [0.05, 0.1) is 18.6 Å². The SMILES string of the molecule is CCOC(=O)[C@H]1CCCN(C(=O)N[C@H](C)c2cccs2)C1. The van der Waals surface area contributed by atoms with Crippen molar-refractivity contribution in [3.8, 4) is 0 Å². The first kappa shape index (κ1) is 15.8. The second-order valence-electron chi connectivity index (χ2n) is 5.22. The summed E-state index contributed by atoms with van der Waals surface area (Å²) in [6.45, 7) is 5.29. The molecule has 1 aromatic heterocycles. The lowest BCUT2D eigenvalue weighted by atomic mass is 9.98. The molecule has 21 heavy (non-hydrogen) atoms. The zero-order valence-corrected chi connectivity index (χ0v) is 13.3. The third-order valence-electron chi connectivity index (χ3n) is 3.64. The first-order valence-corrected chi connectivity index (χ1v) is 8.25. The Bertz CT molecular complexity index is 475. The Labute approximate surface area is 129 Å². The lowest BCUT2D eigenvalue weighted by Crippen LogP contribution is -2.47. The summed E-state index contributed by atoms with van der Waals surface area (Å²) in [5, 5.41) is 4.98. The van der Waals surface area contributed by atoms with Gasteiger partial charge in [-0.2, -0.15) is 0 Å². The molecule has 1 aromatic rings. The zero-order valence-electron chi connectivity index (χ0n) is 12.5. The summed E-state index contributed by atoms with van der Waals surface area (Å²) in [5.41, 5.74) is 0. The number of urea groups is 1. The molecule has 0 saturated carbocycles. The Balaban J connectivity index is 1.88. The van der Waals surface area contributed by atoms with E-state index in [4.69, 9.17) is 4.74 Å². The normalized spacial score (nSPS) is 19.9. The fraction of sp³-hybridized carbons (Fsp3) is 0.600. The summed E-state index contributed by atoms with van der Waals surface area (Å²) in [7, 11) is 0. The van der Waals surface area contributed by atoms with Crippen LogP contribution >= 0.6 is 11.3 Å². The van der Waals surface area contributed by atoms with Crippen LogP contribution in [0, 0.1) is 5.92 Å². The van der Waals surface area contributed by atoms with Crippen LogP contribution in [0.15, 0.2) is 17.5 Å². The standard InChI is InChI=1S/C15H22N2O3S/c1-3-20-14(18)12-6-4-8-17(10-12)15(19)16-11(2)13-7-5-9-21-13/h5,7,9,11-12H,3-4,6,8,10H2,1-2H3,(H,16,19)/t11-,12+/m1/s1. The minimum absolute atomic E-state index is 0.0135. The van der Waals surface area contributed by atoms with Gasteiger partial charge >= 0.3 is 12.0 Å². The van der Waals surface area contributed by atoms with Gasteiger partial charge in [0.15, 0.2) is 0 Å². The molecule has 1 N–H and O–H groups in total. The highest BCUT2D eigenvalue weighted by Crippen LogP contribution is 2.21. The maximum atomic E-state index is 12.3. The topological polar surface area (TPSA) is 58.6 Å². The van der Waals surface area contributed by atoms with E-state index < -0.39 is 0 Å². The van der Waals surface area contributed by atoms with Gasteiger partial charge in [-0.1, -0.05) is 6.07 Å². The largest absolute Gasteiger partial charge is 0.466 e. The number of hydrogen-bond donors (Lipinski definition) is 1. The van der Waals surface area contributed by atoms with Crippen LogP contribution in [0.4, 0.5) is 4.79 Å². The lowest BCUT2D eigenvalue weighted by molar-refractivity contribution is -0.149. The van der Waals surface area contributed by atoms with Crippen LogP contribution < -0.4 is 5.32 Å². The average Bonchev–Trinajstić information content (AvgIpc) is 3.02. The number of carbonyl (C=O) groups is 2. The van der Waals surface area contributed by atoms with E-state index in [1.807, 2.05) is 24.4 Å². The molecule has 0 bridgehead atoms. The van der Waals surface area contributed by atoms with Gasteiger partial charge in [-0.15, -0.1) is 11.3 Å². The van der Waals surface area contributed by atoms with Crippen LogP contribution in [0.25, 0.3) is 0 Å². The van der Waals surface area contributed by atoms with Gasteiger partial charge in [0.1, 0.15) is 0 Å². The van der Waals surface area contributed by atoms with Crippen molar-refractivity contribution >= 4 is 23.3 Å². The van der Waals surface area contributed by atoms with E-state index in [9.17, 15) is 9.59 Å². The Hall–Kier alpha value is -1.56. The molecule has 1 aliphatic heterocycles. The summed E-state index contributed by atoms with van der Waals surface area (Å²) in [6, 6.07) is 3.86. The van der Waals surface area contributed by atoms with Gasteiger partial charge in [-0.3, -0.25) is 4.79 Å². The third-order valence-corrected chi connectivity index (χ3v) is 4.69. The van der Waals surface area contributed by atoms with Crippen molar-refractivity contribution in [3.05, 3.63) is 22.4 Å². The van der Waals surface area contributed by atoms with Gasteiger partial charge in [-0.25, -0.2) is 4.79 Å². The van der Waals surface area contributed by atoms with Crippen LogP contribution in [-0.4, -0.2) is 36.6 Å². The molecular weight excluding hydrogens is 288 g/mol. The number of hydrogen-bond acceptors (Lipinski definition) is 4. The number of thiophene rings is 1. The minimum atomic E-state index is -0.193. The maximum Gasteiger partial charge on any atom is 0.317 e. The molecule has 0 aliphatic carbocycles. The summed E-state index contributed by atoms with van der Waals surface area (Å²) in [4.78, 5) is 26.9. The van der Waals surface area contributed by atoms with Crippen LogP contribution in [0.3, 0.4) is 0 Å². The van der Waals surface area contributed by atoms with Crippen molar-refractivity contribution in [2.24, 2.45) is 5.92 Å². The molecule has 0 radical (unpaired) electrons. The molecule has 0 aromatic carbocycles. The highest BCUT2D eigenvalue weighted by atomic mass is 32.1. The second kappa shape index (κ2) is 7.45. The molecule has 0 spiro atoms. The molecule has 2 atom stereocenters. The molecule has 116 valence electrons. The van der Waals surface area contributed by atoms with Crippen LogP contribution in [0.5, 0.6) is 0 Å². The number of piperidine rings is 1. The number of likely N-dealkylation sites (tertiary alicyclic amines) is 1. The molecule has 2 heterocycles. The van der Waals surface area contributed by atoms with Crippen LogP contribution in [0.1, 0.15) is 37.6 Å².